The van der Waals surface area contributed by atoms with Crippen LogP contribution in [-0.4, -0.2) is 60.9 Å². The quantitative estimate of drug-likeness (QED) is 0.718. The van der Waals surface area contributed by atoms with Crippen molar-refractivity contribution in [3.63, 3.8) is 0 Å². The lowest BCUT2D eigenvalue weighted by Gasteiger charge is -2.36. The van der Waals surface area contributed by atoms with Crippen LogP contribution in [0.15, 0.2) is 18.3 Å². The van der Waals surface area contributed by atoms with Gasteiger partial charge in [-0.15, -0.1) is 0 Å². The number of rotatable bonds is 6. The Hall–Kier alpha value is -1.38. The average molecular weight is 369 g/mol. The Balaban J connectivity index is 1.65. The maximum Gasteiger partial charge on any atom is 0.354 e. The van der Waals surface area contributed by atoms with E-state index in [9.17, 15) is 13.2 Å². The molecule has 1 saturated carbocycles. The van der Waals surface area contributed by atoms with E-state index in [0.29, 0.717) is 37.5 Å². The van der Waals surface area contributed by atoms with Gasteiger partial charge in [-0.3, -0.25) is 0 Å². The first-order valence-electron chi connectivity index (χ1n) is 8.84. The van der Waals surface area contributed by atoms with Crippen LogP contribution in [0, 0.1) is 5.92 Å². The summed E-state index contributed by atoms with van der Waals surface area (Å²) >= 11 is 0. The molecule has 0 bridgehead atoms. The fourth-order valence-electron chi connectivity index (χ4n) is 3.61. The Morgan fingerprint density at radius 1 is 1.28 bits per heavy atom. The highest BCUT2D eigenvalue weighted by atomic mass is 32.2. The van der Waals surface area contributed by atoms with Crippen molar-refractivity contribution in [2.45, 2.75) is 44.7 Å². The van der Waals surface area contributed by atoms with Crippen LogP contribution in [0.3, 0.4) is 0 Å². The van der Waals surface area contributed by atoms with E-state index in [4.69, 9.17) is 4.74 Å². The summed E-state index contributed by atoms with van der Waals surface area (Å²) < 4.78 is 35.5. The molecule has 1 atom stereocenters. The van der Waals surface area contributed by atoms with Crippen LogP contribution < -0.4 is 0 Å². The first-order valence-corrected chi connectivity index (χ1v) is 10.2. The number of esters is 1. The minimum Gasteiger partial charge on any atom is -0.464 e. The van der Waals surface area contributed by atoms with E-state index in [1.54, 1.807) is 17.4 Å². The average Bonchev–Trinajstić information content (AvgIpc) is 3.36. The first kappa shape index (κ1) is 18.4. The fraction of sp³-hybridized carbons (Fsp3) is 0.706. The van der Waals surface area contributed by atoms with Crippen molar-refractivity contribution in [2.75, 3.05) is 27.2 Å². The monoisotopic (exact) mass is 369 g/mol. The third-order valence-corrected chi connectivity index (χ3v) is 7.64. The maximum absolute atomic E-state index is 12.8. The van der Waals surface area contributed by atoms with Gasteiger partial charge in [0, 0.05) is 38.4 Å². The lowest BCUT2D eigenvalue weighted by atomic mass is 10.1. The topological polar surface area (TPSA) is 71.8 Å². The minimum atomic E-state index is -3.42. The molecule has 1 aromatic rings. The number of hydrogen-bond donors (Lipinski definition) is 0. The number of piperidine rings is 1. The van der Waals surface area contributed by atoms with Crippen molar-refractivity contribution in [1.82, 2.24) is 13.2 Å². The molecule has 2 heterocycles. The van der Waals surface area contributed by atoms with Crippen molar-refractivity contribution in [1.29, 1.82) is 0 Å². The zero-order chi connectivity index (χ0) is 18.2. The standard InChI is InChI=1S/C17H27N3O4S/c1-13(14-6-7-14)18(2)25(22,23)19-11-8-15(9-12-19)20-10-4-5-16(20)17(21)24-3/h4-5,10,13-15H,6-9,11-12H2,1-3H3/t13-/m1/s1. The number of carbonyl (C=O) groups is 1. The molecule has 0 amide bonds. The third-order valence-electron chi connectivity index (χ3n) is 5.56. The molecular formula is C17H27N3O4S. The van der Waals surface area contributed by atoms with Crippen LogP contribution in [0.25, 0.3) is 0 Å². The number of methoxy groups -OCH3 is 1. The Morgan fingerprint density at radius 3 is 2.48 bits per heavy atom. The molecule has 2 fully saturated rings. The number of hydrogen-bond acceptors (Lipinski definition) is 4. The van der Waals surface area contributed by atoms with E-state index in [0.717, 1.165) is 12.8 Å². The molecular weight excluding hydrogens is 342 g/mol. The van der Waals surface area contributed by atoms with Gasteiger partial charge in [-0.1, -0.05) is 0 Å². The van der Waals surface area contributed by atoms with Crippen LogP contribution in [0.2, 0.25) is 0 Å². The molecule has 0 aromatic carbocycles. The van der Waals surface area contributed by atoms with Crippen molar-refractivity contribution in [2.24, 2.45) is 5.92 Å². The van der Waals surface area contributed by atoms with Gasteiger partial charge in [0.15, 0.2) is 0 Å². The van der Waals surface area contributed by atoms with Crippen LogP contribution >= 0.6 is 0 Å². The van der Waals surface area contributed by atoms with Gasteiger partial charge < -0.3 is 9.30 Å². The SMILES string of the molecule is COC(=O)c1cccn1C1CCN(S(=O)(=O)N(C)[C@H](C)C2CC2)CC1. The molecule has 1 aliphatic carbocycles. The summed E-state index contributed by atoms with van der Waals surface area (Å²) in [5, 5.41) is 0. The van der Waals surface area contributed by atoms with Crippen LogP contribution in [0.4, 0.5) is 0 Å². The van der Waals surface area contributed by atoms with Crippen molar-refractivity contribution < 1.29 is 17.9 Å². The second-order valence-electron chi connectivity index (χ2n) is 7.02. The molecule has 1 aromatic heterocycles. The molecule has 2 aliphatic rings. The van der Waals surface area contributed by atoms with Gasteiger partial charge in [0.2, 0.25) is 0 Å². The molecule has 1 saturated heterocycles. The zero-order valence-electron chi connectivity index (χ0n) is 15.1. The molecule has 25 heavy (non-hydrogen) atoms. The number of nitrogens with zero attached hydrogens (tertiary/aromatic N) is 3. The Bertz CT molecular complexity index is 718. The molecule has 0 unspecified atom stereocenters. The summed E-state index contributed by atoms with van der Waals surface area (Å²) in [5.74, 6) is 0.137. The molecule has 3 rings (SSSR count). The van der Waals surface area contributed by atoms with Crippen molar-refractivity contribution in [3.05, 3.63) is 24.0 Å². The minimum absolute atomic E-state index is 0.0538. The largest absolute Gasteiger partial charge is 0.464 e. The number of ether oxygens (including phenoxy) is 1. The van der Waals surface area contributed by atoms with Gasteiger partial charge in [-0.05, 0) is 50.7 Å². The molecule has 1 aliphatic heterocycles. The lowest BCUT2D eigenvalue weighted by molar-refractivity contribution is 0.0583. The Labute approximate surface area is 149 Å². The van der Waals surface area contributed by atoms with Crippen LogP contribution in [0.1, 0.15) is 49.1 Å². The van der Waals surface area contributed by atoms with E-state index in [-0.39, 0.29) is 18.1 Å². The maximum atomic E-state index is 12.8. The van der Waals surface area contributed by atoms with E-state index < -0.39 is 10.2 Å². The normalized spacial score (nSPS) is 21.4. The van der Waals surface area contributed by atoms with Gasteiger partial charge in [0.25, 0.3) is 10.2 Å². The zero-order valence-corrected chi connectivity index (χ0v) is 15.9. The van der Waals surface area contributed by atoms with E-state index in [1.807, 2.05) is 23.8 Å². The highest BCUT2D eigenvalue weighted by Gasteiger charge is 2.39. The molecule has 0 N–H and O–H groups in total. The first-order chi connectivity index (χ1) is 11.9. The van der Waals surface area contributed by atoms with Gasteiger partial charge in [-0.25, -0.2) is 4.79 Å². The molecule has 7 nitrogen and oxygen atoms in total. The molecule has 8 heteroatoms. The summed E-state index contributed by atoms with van der Waals surface area (Å²) in [6.45, 7) is 2.92. The van der Waals surface area contributed by atoms with E-state index >= 15 is 0 Å². The summed E-state index contributed by atoms with van der Waals surface area (Å²) in [6.07, 6.45) is 5.47. The van der Waals surface area contributed by atoms with Gasteiger partial charge in [0.05, 0.1) is 7.11 Å². The summed E-state index contributed by atoms with van der Waals surface area (Å²) in [7, 11) is -0.371. The second kappa shape index (κ2) is 7.09. The van der Waals surface area contributed by atoms with Crippen molar-refractivity contribution >= 4 is 16.2 Å². The highest BCUT2D eigenvalue weighted by molar-refractivity contribution is 7.86. The predicted octanol–water partition coefficient (Wildman–Crippen LogP) is 1.89. The predicted molar refractivity (Wildman–Crippen MR) is 94.5 cm³/mol. The van der Waals surface area contributed by atoms with Gasteiger partial charge in [0.1, 0.15) is 5.69 Å². The summed E-state index contributed by atoms with van der Waals surface area (Å²) in [6, 6.07) is 3.72. The number of aromatic nitrogens is 1. The fourth-order valence-corrected chi connectivity index (χ4v) is 5.24. The van der Waals surface area contributed by atoms with E-state index in [1.165, 1.54) is 11.4 Å². The van der Waals surface area contributed by atoms with Crippen molar-refractivity contribution in [3.8, 4) is 0 Å². The highest BCUT2D eigenvalue weighted by Crippen LogP contribution is 2.36. The van der Waals surface area contributed by atoms with Crippen LogP contribution in [-0.2, 0) is 14.9 Å². The van der Waals surface area contributed by atoms with Gasteiger partial charge in [-0.2, -0.15) is 17.0 Å². The smallest absolute Gasteiger partial charge is 0.354 e. The van der Waals surface area contributed by atoms with Gasteiger partial charge >= 0.3 is 5.97 Å². The Kier molecular flexibility index (Phi) is 5.22. The summed E-state index contributed by atoms with van der Waals surface area (Å²) in [4.78, 5) is 11.8. The summed E-state index contributed by atoms with van der Waals surface area (Å²) in [5.41, 5.74) is 0.517. The van der Waals surface area contributed by atoms with E-state index in [2.05, 4.69) is 0 Å². The third kappa shape index (κ3) is 3.61. The molecule has 0 radical (unpaired) electrons. The second-order valence-corrected chi connectivity index (χ2v) is 9.01. The Morgan fingerprint density at radius 2 is 1.92 bits per heavy atom. The molecule has 140 valence electrons. The molecule has 0 spiro atoms. The lowest BCUT2D eigenvalue weighted by Crippen LogP contribution is -2.49. The van der Waals surface area contributed by atoms with Crippen LogP contribution in [0.5, 0.6) is 0 Å². The number of carbonyl (C=O) groups excluding carboxylic acids is 1.